The summed E-state index contributed by atoms with van der Waals surface area (Å²) in [7, 11) is 0. The van der Waals surface area contributed by atoms with Crippen molar-refractivity contribution in [3.8, 4) is 11.4 Å². The van der Waals surface area contributed by atoms with Gasteiger partial charge in [-0.2, -0.15) is 13.2 Å². The summed E-state index contributed by atoms with van der Waals surface area (Å²) in [6, 6.07) is 8.55. The van der Waals surface area contributed by atoms with E-state index in [1.807, 2.05) is 16.7 Å². The molecule has 1 N–H and O–H groups in total. The zero-order valence-corrected chi connectivity index (χ0v) is 15.9. The summed E-state index contributed by atoms with van der Waals surface area (Å²) < 4.78 is 40.4. The van der Waals surface area contributed by atoms with Gasteiger partial charge in [-0.05, 0) is 43.2 Å². The van der Waals surface area contributed by atoms with Gasteiger partial charge in [0.05, 0.1) is 11.3 Å². The Labute approximate surface area is 168 Å². The van der Waals surface area contributed by atoms with Crippen molar-refractivity contribution in [1.82, 2.24) is 19.7 Å². The van der Waals surface area contributed by atoms with Crippen LogP contribution in [0.1, 0.15) is 24.4 Å². The minimum absolute atomic E-state index is 0.00807. The molecule has 150 valence electrons. The number of anilines is 1. The maximum atomic E-state index is 12.8. The molecule has 0 bridgehead atoms. The number of nitrogens with one attached hydrogen (secondary N) is 1. The average molecular weight is 419 g/mol. The third-order valence-electron chi connectivity index (χ3n) is 4.30. The highest BCUT2D eigenvalue weighted by Gasteiger charge is 2.31. The lowest BCUT2D eigenvalue weighted by Crippen LogP contribution is -2.15. The molecule has 3 aromatic rings. The van der Waals surface area contributed by atoms with Crippen LogP contribution < -0.4 is 5.32 Å². The van der Waals surface area contributed by atoms with Gasteiger partial charge in [0.25, 0.3) is 0 Å². The van der Waals surface area contributed by atoms with Gasteiger partial charge in [-0.25, -0.2) is 0 Å². The lowest BCUT2D eigenvalue weighted by atomic mass is 10.2. The number of hydrogen-bond donors (Lipinski definition) is 1. The molecule has 1 aromatic carbocycles. The van der Waals surface area contributed by atoms with Gasteiger partial charge >= 0.3 is 6.18 Å². The molecule has 0 aliphatic heterocycles. The van der Waals surface area contributed by atoms with Crippen molar-refractivity contribution in [1.29, 1.82) is 0 Å². The van der Waals surface area contributed by atoms with Crippen LogP contribution in [0.4, 0.5) is 18.9 Å². The molecular weight excluding hydrogens is 403 g/mol. The fourth-order valence-electron chi connectivity index (χ4n) is 2.83. The number of rotatable bonds is 6. The highest BCUT2D eigenvalue weighted by Crippen LogP contribution is 2.41. The second-order valence-electron chi connectivity index (χ2n) is 6.56. The summed E-state index contributed by atoms with van der Waals surface area (Å²) in [5.41, 5.74) is 0.134. The number of pyridine rings is 1. The molecule has 0 radical (unpaired) electrons. The average Bonchev–Trinajstić information content (AvgIpc) is 3.45. The molecule has 0 spiro atoms. The summed E-state index contributed by atoms with van der Waals surface area (Å²) in [6.07, 6.45) is 0.941. The fraction of sp³-hybridized carbons (Fsp3) is 0.263. The Balaban J connectivity index is 1.45. The fourth-order valence-corrected chi connectivity index (χ4v) is 3.64. The smallest absolute Gasteiger partial charge is 0.325 e. The van der Waals surface area contributed by atoms with Crippen LogP contribution in [0.15, 0.2) is 53.9 Å². The first-order valence-electron chi connectivity index (χ1n) is 8.87. The monoisotopic (exact) mass is 419 g/mol. The number of carbonyl (C=O) groups is 1. The molecule has 10 heteroatoms. The van der Waals surface area contributed by atoms with Gasteiger partial charge in [-0.1, -0.05) is 17.8 Å². The second kappa shape index (κ2) is 7.86. The van der Waals surface area contributed by atoms with E-state index < -0.39 is 17.6 Å². The van der Waals surface area contributed by atoms with Crippen LogP contribution in [-0.4, -0.2) is 31.4 Å². The third-order valence-corrected chi connectivity index (χ3v) is 5.25. The van der Waals surface area contributed by atoms with E-state index in [0.29, 0.717) is 11.0 Å². The van der Waals surface area contributed by atoms with Crippen LogP contribution in [0.3, 0.4) is 0 Å². The van der Waals surface area contributed by atoms with Crippen LogP contribution in [0.2, 0.25) is 0 Å². The van der Waals surface area contributed by atoms with Crippen LogP contribution >= 0.6 is 11.8 Å². The van der Waals surface area contributed by atoms with Crippen LogP contribution in [0, 0.1) is 0 Å². The highest BCUT2D eigenvalue weighted by atomic mass is 32.2. The Kier molecular flexibility index (Phi) is 5.27. The van der Waals surface area contributed by atoms with E-state index in [2.05, 4.69) is 20.5 Å². The molecule has 1 saturated carbocycles. The minimum Gasteiger partial charge on any atom is -0.325 e. The molecule has 2 heterocycles. The Morgan fingerprint density at radius 1 is 1.21 bits per heavy atom. The third kappa shape index (κ3) is 4.58. The molecule has 1 aliphatic carbocycles. The first kappa shape index (κ1) is 19.4. The second-order valence-corrected chi connectivity index (χ2v) is 7.51. The Bertz CT molecular complexity index is 1020. The van der Waals surface area contributed by atoms with E-state index in [4.69, 9.17) is 0 Å². The van der Waals surface area contributed by atoms with E-state index in [-0.39, 0.29) is 17.5 Å². The number of halogens is 3. The van der Waals surface area contributed by atoms with E-state index >= 15 is 0 Å². The quantitative estimate of drug-likeness (QED) is 0.599. The van der Waals surface area contributed by atoms with Crippen molar-refractivity contribution in [2.75, 3.05) is 11.1 Å². The Morgan fingerprint density at radius 2 is 2.03 bits per heavy atom. The summed E-state index contributed by atoms with van der Waals surface area (Å²) in [4.78, 5) is 16.3. The summed E-state index contributed by atoms with van der Waals surface area (Å²) >= 11 is 1.20. The molecule has 4 rings (SSSR count). The van der Waals surface area contributed by atoms with Crippen LogP contribution in [0.5, 0.6) is 0 Å². The molecule has 1 fully saturated rings. The van der Waals surface area contributed by atoms with Crippen molar-refractivity contribution in [2.24, 2.45) is 0 Å². The molecule has 1 aliphatic rings. The Morgan fingerprint density at radius 3 is 2.72 bits per heavy atom. The number of carbonyl (C=O) groups excluding carboxylic acids is 1. The normalized spacial score (nSPS) is 14.0. The van der Waals surface area contributed by atoms with Crippen molar-refractivity contribution < 1.29 is 18.0 Å². The number of alkyl halides is 3. The first-order chi connectivity index (χ1) is 13.9. The Hall–Kier alpha value is -2.88. The van der Waals surface area contributed by atoms with Crippen molar-refractivity contribution in [3.63, 3.8) is 0 Å². The number of hydrogen-bond acceptors (Lipinski definition) is 5. The molecule has 0 saturated heterocycles. The summed E-state index contributed by atoms with van der Waals surface area (Å²) in [5, 5.41) is 11.5. The lowest BCUT2D eigenvalue weighted by molar-refractivity contribution is -0.137. The van der Waals surface area contributed by atoms with Gasteiger partial charge in [0.2, 0.25) is 5.91 Å². The van der Waals surface area contributed by atoms with Gasteiger partial charge < -0.3 is 5.32 Å². The highest BCUT2D eigenvalue weighted by molar-refractivity contribution is 7.99. The predicted octanol–water partition coefficient (Wildman–Crippen LogP) is 4.42. The van der Waals surface area contributed by atoms with Gasteiger partial charge in [0.1, 0.15) is 0 Å². The molecule has 1 amide bonds. The SMILES string of the molecule is O=C(CSc1nnc(-c2cccnc2)n1C1CC1)Nc1cccc(C(F)(F)F)c1. The number of amides is 1. The number of benzene rings is 1. The minimum atomic E-state index is -4.46. The van der Waals surface area contributed by atoms with Crippen LogP contribution in [0.25, 0.3) is 11.4 Å². The van der Waals surface area contributed by atoms with Crippen molar-refractivity contribution in [2.45, 2.75) is 30.2 Å². The van der Waals surface area contributed by atoms with E-state index in [9.17, 15) is 18.0 Å². The van der Waals surface area contributed by atoms with Crippen LogP contribution in [-0.2, 0) is 11.0 Å². The molecule has 2 aromatic heterocycles. The maximum Gasteiger partial charge on any atom is 0.416 e. The van der Waals surface area contributed by atoms with Crippen molar-refractivity contribution >= 4 is 23.4 Å². The topological polar surface area (TPSA) is 72.7 Å². The summed E-state index contributed by atoms with van der Waals surface area (Å²) in [5.74, 6) is 0.290. The van der Waals surface area contributed by atoms with Gasteiger partial charge in [0.15, 0.2) is 11.0 Å². The zero-order valence-electron chi connectivity index (χ0n) is 15.1. The maximum absolute atomic E-state index is 12.8. The van der Waals surface area contributed by atoms with Gasteiger partial charge in [-0.3, -0.25) is 14.3 Å². The van der Waals surface area contributed by atoms with E-state index in [1.54, 1.807) is 12.4 Å². The number of nitrogens with zero attached hydrogens (tertiary/aromatic N) is 4. The number of aromatic nitrogens is 4. The van der Waals surface area contributed by atoms with E-state index in [1.165, 1.54) is 23.9 Å². The van der Waals surface area contributed by atoms with E-state index in [0.717, 1.165) is 30.5 Å². The zero-order chi connectivity index (χ0) is 20.4. The largest absolute Gasteiger partial charge is 0.416 e. The first-order valence-corrected chi connectivity index (χ1v) is 9.85. The molecular formula is C19H16F3N5OS. The van der Waals surface area contributed by atoms with Gasteiger partial charge in [0, 0.05) is 29.7 Å². The molecule has 0 atom stereocenters. The predicted molar refractivity (Wildman–Crippen MR) is 102 cm³/mol. The van der Waals surface area contributed by atoms with Crippen molar-refractivity contribution in [3.05, 3.63) is 54.4 Å². The molecule has 0 unspecified atom stereocenters. The molecule has 6 nitrogen and oxygen atoms in total. The molecule has 29 heavy (non-hydrogen) atoms. The van der Waals surface area contributed by atoms with Gasteiger partial charge in [-0.15, -0.1) is 10.2 Å². The standard InChI is InChI=1S/C19H16F3N5OS/c20-19(21,22)13-4-1-5-14(9-13)24-16(28)11-29-18-26-25-17(27(18)15-6-7-15)12-3-2-8-23-10-12/h1-5,8-10,15H,6-7,11H2,(H,24,28). The number of thioether (sulfide) groups is 1. The summed E-state index contributed by atoms with van der Waals surface area (Å²) in [6.45, 7) is 0. The lowest BCUT2D eigenvalue weighted by Gasteiger charge is -2.10.